The molecule has 1 unspecified atom stereocenters. The monoisotopic (exact) mass is 321 g/mol. The first-order valence-electron chi connectivity index (χ1n) is 8.19. The van der Waals surface area contributed by atoms with Gasteiger partial charge in [-0.3, -0.25) is 9.89 Å². The van der Waals surface area contributed by atoms with Crippen LogP contribution in [0.4, 0.5) is 4.79 Å². The summed E-state index contributed by atoms with van der Waals surface area (Å²) >= 11 is 0. The van der Waals surface area contributed by atoms with Crippen molar-refractivity contribution in [2.45, 2.75) is 51.2 Å². The second kappa shape index (κ2) is 6.17. The first-order valence-corrected chi connectivity index (χ1v) is 8.19. The number of piperidine rings is 1. The zero-order chi connectivity index (χ0) is 16.4. The van der Waals surface area contributed by atoms with E-state index in [1.54, 1.807) is 4.90 Å². The van der Waals surface area contributed by atoms with Crippen LogP contribution in [0.1, 0.15) is 50.1 Å². The van der Waals surface area contributed by atoms with Crippen molar-refractivity contribution in [1.29, 1.82) is 0 Å². The molecule has 3 rings (SSSR count). The summed E-state index contributed by atoms with van der Waals surface area (Å²) in [4.78, 5) is 31.9. The van der Waals surface area contributed by atoms with Crippen LogP contribution >= 0.6 is 0 Å². The number of hydrogen-bond acceptors (Lipinski definition) is 5. The van der Waals surface area contributed by atoms with E-state index < -0.39 is 5.60 Å². The molecule has 8 nitrogen and oxygen atoms in total. The summed E-state index contributed by atoms with van der Waals surface area (Å²) in [5.41, 5.74) is -0.447. The van der Waals surface area contributed by atoms with Crippen molar-refractivity contribution >= 4 is 12.0 Å². The zero-order valence-electron chi connectivity index (χ0n) is 13.6. The zero-order valence-corrected chi connectivity index (χ0v) is 13.6. The van der Waals surface area contributed by atoms with Gasteiger partial charge < -0.3 is 14.5 Å². The molecular formula is C15H23N5O3. The predicted molar refractivity (Wildman–Crippen MR) is 81.8 cm³/mol. The molecule has 1 atom stereocenters. The third-order valence-corrected chi connectivity index (χ3v) is 4.81. The first-order chi connectivity index (χ1) is 11.0. The van der Waals surface area contributed by atoms with Crippen LogP contribution in [0.2, 0.25) is 0 Å². The van der Waals surface area contributed by atoms with Gasteiger partial charge in [0.05, 0.1) is 6.54 Å². The van der Waals surface area contributed by atoms with Crippen LogP contribution in [-0.4, -0.2) is 68.3 Å². The number of aromatic nitrogens is 3. The summed E-state index contributed by atoms with van der Waals surface area (Å²) in [5.74, 6) is 0.0976. The largest absolute Gasteiger partial charge is 0.441 e. The van der Waals surface area contributed by atoms with Crippen LogP contribution in [0.5, 0.6) is 0 Å². The fraction of sp³-hybridized carbons (Fsp3) is 0.733. The molecule has 1 N–H and O–H groups in total. The fourth-order valence-corrected chi connectivity index (χ4v) is 3.40. The van der Waals surface area contributed by atoms with Crippen molar-refractivity contribution in [3.8, 4) is 0 Å². The molecule has 0 aliphatic carbocycles. The van der Waals surface area contributed by atoms with Gasteiger partial charge in [0.25, 0.3) is 5.91 Å². The number of nitrogens with one attached hydrogen (secondary N) is 1. The molecule has 23 heavy (non-hydrogen) atoms. The van der Waals surface area contributed by atoms with E-state index in [9.17, 15) is 9.59 Å². The molecule has 0 bridgehead atoms. The van der Waals surface area contributed by atoms with E-state index in [1.165, 1.54) is 6.33 Å². The Labute approximate surface area is 135 Å². The molecule has 2 amide bonds. The summed E-state index contributed by atoms with van der Waals surface area (Å²) in [6.07, 6.45) is 4.44. The molecule has 1 aromatic rings. The maximum atomic E-state index is 12.3. The minimum atomic E-state index is -0.447. The van der Waals surface area contributed by atoms with E-state index >= 15 is 0 Å². The Bertz CT molecular complexity index is 566. The van der Waals surface area contributed by atoms with Gasteiger partial charge in [-0.05, 0) is 13.3 Å². The maximum absolute atomic E-state index is 12.3. The van der Waals surface area contributed by atoms with Crippen LogP contribution in [0.25, 0.3) is 0 Å². The molecule has 8 heteroatoms. The highest BCUT2D eigenvalue weighted by Gasteiger charge is 2.48. The lowest BCUT2D eigenvalue weighted by Gasteiger charge is -2.37. The molecule has 126 valence electrons. The van der Waals surface area contributed by atoms with Crippen LogP contribution in [-0.2, 0) is 4.74 Å². The first kappa shape index (κ1) is 15.8. The van der Waals surface area contributed by atoms with E-state index in [1.807, 2.05) is 4.90 Å². The number of amides is 2. The van der Waals surface area contributed by atoms with Crippen molar-refractivity contribution in [2.75, 3.05) is 19.6 Å². The third-order valence-electron chi connectivity index (χ3n) is 4.81. The molecule has 0 saturated carbocycles. The van der Waals surface area contributed by atoms with Crippen LogP contribution < -0.4 is 0 Å². The number of H-pyrrole nitrogens is 1. The minimum absolute atomic E-state index is 0.155. The smallest absolute Gasteiger partial charge is 0.410 e. The van der Waals surface area contributed by atoms with Crippen molar-refractivity contribution in [3.05, 3.63) is 12.2 Å². The van der Waals surface area contributed by atoms with Gasteiger partial charge >= 0.3 is 6.09 Å². The number of nitrogens with zero attached hydrogens (tertiary/aromatic N) is 4. The van der Waals surface area contributed by atoms with E-state index in [0.717, 1.165) is 12.8 Å². The number of aromatic amines is 1. The SMILES string of the molecule is CCCC(C)N1CC2(CCN(C(=O)c3ncn[nH]3)CC2)OC1=O. The number of rotatable bonds is 4. The predicted octanol–water partition coefficient (Wildman–Crippen LogP) is 1.42. The molecule has 2 aliphatic rings. The lowest BCUT2D eigenvalue weighted by Crippen LogP contribution is -2.49. The highest BCUT2D eigenvalue weighted by molar-refractivity contribution is 5.90. The van der Waals surface area contributed by atoms with Gasteiger partial charge in [0.15, 0.2) is 0 Å². The Kier molecular flexibility index (Phi) is 4.23. The van der Waals surface area contributed by atoms with Crippen LogP contribution in [0.15, 0.2) is 6.33 Å². The Morgan fingerprint density at radius 2 is 2.22 bits per heavy atom. The normalized spacial score (nSPS) is 21.6. The standard InChI is InChI=1S/C15H23N5O3/c1-3-4-11(2)20-9-15(23-14(20)22)5-7-19(8-6-15)13(21)12-16-10-17-18-12/h10-11H,3-9H2,1-2H3,(H,16,17,18). The van der Waals surface area contributed by atoms with Gasteiger partial charge in [-0.15, -0.1) is 0 Å². The van der Waals surface area contributed by atoms with Crippen LogP contribution in [0, 0.1) is 0 Å². The quantitative estimate of drug-likeness (QED) is 0.905. The maximum Gasteiger partial charge on any atom is 0.410 e. The lowest BCUT2D eigenvalue weighted by atomic mass is 9.91. The molecule has 1 spiro atoms. The van der Waals surface area contributed by atoms with E-state index in [4.69, 9.17) is 4.74 Å². The van der Waals surface area contributed by atoms with Gasteiger partial charge in [0, 0.05) is 32.0 Å². The van der Waals surface area contributed by atoms with Crippen molar-refractivity contribution in [1.82, 2.24) is 25.0 Å². The molecule has 2 aliphatic heterocycles. The molecule has 0 aromatic carbocycles. The summed E-state index contributed by atoms with van der Waals surface area (Å²) in [5, 5.41) is 6.30. The third kappa shape index (κ3) is 3.02. The average molecular weight is 321 g/mol. The Morgan fingerprint density at radius 1 is 1.48 bits per heavy atom. The summed E-state index contributed by atoms with van der Waals surface area (Å²) in [6.45, 7) is 5.91. The van der Waals surface area contributed by atoms with Crippen molar-refractivity contribution in [3.63, 3.8) is 0 Å². The highest BCUT2D eigenvalue weighted by atomic mass is 16.6. The summed E-state index contributed by atoms with van der Waals surface area (Å²) in [7, 11) is 0. The van der Waals surface area contributed by atoms with E-state index in [-0.39, 0.29) is 23.9 Å². The topological polar surface area (TPSA) is 91.4 Å². The Balaban J connectivity index is 1.60. The molecule has 0 radical (unpaired) electrons. The Hall–Kier alpha value is -2.12. The van der Waals surface area contributed by atoms with E-state index in [0.29, 0.717) is 32.5 Å². The molecule has 2 fully saturated rings. The highest BCUT2D eigenvalue weighted by Crippen LogP contribution is 2.34. The van der Waals surface area contributed by atoms with Gasteiger partial charge in [-0.2, -0.15) is 5.10 Å². The second-order valence-corrected chi connectivity index (χ2v) is 6.44. The number of hydrogen-bond donors (Lipinski definition) is 1. The fourth-order valence-electron chi connectivity index (χ4n) is 3.40. The average Bonchev–Trinajstić information content (AvgIpc) is 3.16. The molecule has 3 heterocycles. The van der Waals surface area contributed by atoms with Crippen molar-refractivity contribution in [2.24, 2.45) is 0 Å². The number of carbonyl (C=O) groups excluding carboxylic acids is 2. The molecule has 2 saturated heterocycles. The second-order valence-electron chi connectivity index (χ2n) is 6.44. The summed E-state index contributed by atoms with van der Waals surface area (Å²) in [6, 6.07) is 0.195. The van der Waals surface area contributed by atoms with Gasteiger partial charge in [0.2, 0.25) is 5.82 Å². The van der Waals surface area contributed by atoms with Gasteiger partial charge in [-0.1, -0.05) is 13.3 Å². The van der Waals surface area contributed by atoms with E-state index in [2.05, 4.69) is 29.0 Å². The number of carbonyl (C=O) groups is 2. The molecular weight excluding hydrogens is 298 g/mol. The van der Waals surface area contributed by atoms with Crippen LogP contribution in [0.3, 0.4) is 0 Å². The molecule has 1 aromatic heterocycles. The lowest BCUT2D eigenvalue weighted by molar-refractivity contribution is 0.00272. The Morgan fingerprint density at radius 3 is 2.83 bits per heavy atom. The summed E-state index contributed by atoms with van der Waals surface area (Å²) < 4.78 is 5.70. The minimum Gasteiger partial charge on any atom is -0.441 e. The number of ether oxygens (including phenoxy) is 1. The van der Waals surface area contributed by atoms with Gasteiger partial charge in [0.1, 0.15) is 11.9 Å². The van der Waals surface area contributed by atoms with Crippen molar-refractivity contribution < 1.29 is 14.3 Å². The number of likely N-dealkylation sites (tertiary alicyclic amines) is 1. The van der Waals surface area contributed by atoms with Gasteiger partial charge in [-0.25, -0.2) is 9.78 Å².